The van der Waals surface area contributed by atoms with Crippen LogP contribution in [0.5, 0.6) is 0 Å². The summed E-state index contributed by atoms with van der Waals surface area (Å²) in [6, 6.07) is 6.34. The molecule has 0 bridgehead atoms. The minimum atomic E-state index is -0.867. The van der Waals surface area contributed by atoms with Crippen molar-refractivity contribution in [2.45, 2.75) is 65.9 Å². The van der Waals surface area contributed by atoms with Crippen LogP contribution in [0.2, 0.25) is 0 Å². The number of aliphatic hydroxyl groups is 1. The largest absolute Gasteiger partial charge is 0.385 e. The van der Waals surface area contributed by atoms with Crippen LogP contribution >= 0.6 is 0 Å². The van der Waals surface area contributed by atoms with Gasteiger partial charge in [-0.1, -0.05) is 37.6 Å². The molecule has 1 unspecified atom stereocenters. The summed E-state index contributed by atoms with van der Waals surface area (Å²) in [5.41, 5.74) is 8.87. The van der Waals surface area contributed by atoms with Gasteiger partial charge in [0.2, 0.25) is 0 Å². The van der Waals surface area contributed by atoms with Gasteiger partial charge in [-0.15, -0.1) is 0 Å². The minimum Gasteiger partial charge on any atom is -0.385 e. The van der Waals surface area contributed by atoms with Crippen LogP contribution in [0, 0.1) is 24.7 Å². The number of nitrogens with two attached hydrogens (primary N) is 1. The van der Waals surface area contributed by atoms with E-state index in [2.05, 4.69) is 45.9 Å². The van der Waals surface area contributed by atoms with Crippen LogP contribution in [0.15, 0.2) is 18.2 Å². The molecule has 1 atom stereocenters. The zero-order chi connectivity index (χ0) is 15.9. The second-order valence-corrected chi connectivity index (χ2v) is 8.04. The predicted molar refractivity (Wildman–Crippen MR) is 89.2 cm³/mol. The summed E-state index contributed by atoms with van der Waals surface area (Å²) in [4.78, 5) is 0. The van der Waals surface area contributed by atoms with Crippen LogP contribution < -0.4 is 5.73 Å². The lowest BCUT2D eigenvalue weighted by atomic mass is 9.57. The Morgan fingerprint density at radius 3 is 2.24 bits per heavy atom. The molecule has 2 nitrogen and oxygen atoms in total. The van der Waals surface area contributed by atoms with Gasteiger partial charge >= 0.3 is 0 Å². The SMILES string of the molecule is Cc1ccc(C)c(C(C)(O)C2(CN)CCC(C)(C)CC2)c1. The second-order valence-electron chi connectivity index (χ2n) is 8.04. The lowest BCUT2D eigenvalue weighted by Crippen LogP contribution is -2.51. The topological polar surface area (TPSA) is 46.2 Å². The number of rotatable bonds is 3. The Bertz CT molecular complexity index is 506. The summed E-state index contributed by atoms with van der Waals surface area (Å²) in [7, 11) is 0. The Labute approximate surface area is 129 Å². The fourth-order valence-corrected chi connectivity index (χ4v) is 3.84. The Hall–Kier alpha value is -0.860. The molecule has 0 aliphatic heterocycles. The highest BCUT2D eigenvalue weighted by atomic mass is 16.3. The molecule has 0 aromatic heterocycles. The smallest absolute Gasteiger partial charge is 0.0939 e. The third-order valence-corrected chi connectivity index (χ3v) is 5.90. The van der Waals surface area contributed by atoms with Crippen molar-refractivity contribution in [3.05, 3.63) is 34.9 Å². The second kappa shape index (κ2) is 5.40. The van der Waals surface area contributed by atoms with Gasteiger partial charge in [-0.25, -0.2) is 0 Å². The molecule has 3 N–H and O–H groups in total. The van der Waals surface area contributed by atoms with E-state index in [1.54, 1.807) is 0 Å². The molecule has 1 aliphatic carbocycles. The number of benzene rings is 1. The Morgan fingerprint density at radius 2 is 1.71 bits per heavy atom. The zero-order valence-electron chi connectivity index (χ0n) is 14.3. The summed E-state index contributed by atoms with van der Waals surface area (Å²) in [6.07, 6.45) is 4.25. The van der Waals surface area contributed by atoms with E-state index in [1.165, 1.54) is 5.56 Å². The maximum atomic E-state index is 11.5. The molecule has 0 heterocycles. The minimum absolute atomic E-state index is 0.207. The normalized spacial score (nSPS) is 23.6. The van der Waals surface area contributed by atoms with E-state index in [9.17, 15) is 5.11 Å². The molecule has 0 spiro atoms. The van der Waals surface area contributed by atoms with Crippen molar-refractivity contribution in [1.82, 2.24) is 0 Å². The van der Waals surface area contributed by atoms with Crippen molar-refractivity contribution < 1.29 is 5.11 Å². The molecule has 1 saturated carbocycles. The average molecular weight is 289 g/mol. The van der Waals surface area contributed by atoms with Gasteiger partial charge in [0.05, 0.1) is 5.60 Å². The maximum Gasteiger partial charge on any atom is 0.0939 e. The quantitative estimate of drug-likeness (QED) is 0.881. The standard InChI is InChI=1S/C19H31NO/c1-14-6-7-15(2)16(12-14)18(5,21)19(13-20)10-8-17(3,4)9-11-19/h6-7,12,21H,8-11,13,20H2,1-5H3. The summed E-state index contributed by atoms with van der Waals surface area (Å²) < 4.78 is 0. The molecule has 1 aromatic carbocycles. The van der Waals surface area contributed by atoms with E-state index in [-0.39, 0.29) is 5.41 Å². The fraction of sp³-hybridized carbons (Fsp3) is 0.684. The van der Waals surface area contributed by atoms with Crippen LogP contribution in [0.4, 0.5) is 0 Å². The zero-order valence-corrected chi connectivity index (χ0v) is 14.3. The molecule has 21 heavy (non-hydrogen) atoms. The van der Waals surface area contributed by atoms with Gasteiger partial charge in [-0.05, 0) is 63.0 Å². The number of hydrogen-bond acceptors (Lipinski definition) is 2. The fourth-order valence-electron chi connectivity index (χ4n) is 3.84. The summed E-state index contributed by atoms with van der Waals surface area (Å²) in [6.45, 7) is 11.3. The molecule has 0 saturated heterocycles. The van der Waals surface area contributed by atoms with Crippen LogP contribution in [0.3, 0.4) is 0 Å². The van der Waals surface area contributed by atoms with Gasteiger partial charge < -0.3 is 10.8 Å². The number of hydrogen-bond donors (Lipinski definition) is 2. The third kappa shape index (κ3) is 2.89. The first kappa shape index (κ1) is 16.5. The highest BCUT2D eigenvalue weighted by Crippen LogP contribution is 2.53. The Morgan fingerprint density at radius 1 is 1.14 bits per heavy atom. The average Bonchev–Trinajstić information content (AvgIpc) is 2.41. The molecule has 118 valence electrons. The lowest BCUT2D eigenvalue weighted by molar-refractivity contribution is -0.106. The molecule has 0 amide bonds. The predicted octanol–water partition coefficient (Wildman–Crippen LogP) is 4.06. The Balaban J connectivity index is 2.43. The summed E-state index contributed by atoms with van der Waals surface area (Å²) in [5, 5.41) is 11.5. The summed E-state index contributed by atoms with van der Waals surface area (Å²) in [5.74, 6) is 0. The van der Waals surface area contributed by atoms with E-state index in [0.717, 1.165) is 36.8 Å². The van der Waals surface area contributed by atoms with Crippen LogP contribution in [0.1, 0.15) is 63.1 Å². The van der Waals surface area contributed by atoms with Gasteiger partial charge in [-0.2, -0.15) is 0 Å². The van der Waals surface area contributed by atoms with E-state index in [4.69, 9.17) is 5.73 Å². The van der Waals surface area contributed by atoms with Crippen molar-refractivity contribution in [3.8, 4) is 0 Å². The van der Waals surface area contributed by atoms with Crippen molar-refractivity contribution in [2.24, 2.45) is 16.6 Å². The first-order chi connectivity index (χ1) is 9.63. The number of aryl methyl sites for hydroxylation is 2. The van der Waals surface area contributed by atoms with E-state index in [1.807, 2.05) is 6.92 Å². The van der Waals surface area contributed by atoms with E-state index < -0.39 is 5.60 Å². The van der Waals surface area contributed by atoms with E-state index >= 15 is 0 Å². The van der Waals surface area contributed by atoms with Gasteiger partial charge in [-0.3, -0.25) is 0 Å². The van der Waals surface area contributed by atoms with Gasteiger partial charge in [0.1, 0.15) is 0 Å². The van der Waals surface area contributed by atoms with Crippen LogP contribution in [0.25, 0.3) is 0 Å². The molecule has 1 aliphatic rings. The maximum absolute atomic E-state index is 11.5. The van der Waals surface area contributed by atoms with Crippen molar-refractivity contribution in [3.63, 3.8) is 0 Å². The van der Waals surface area contributed by atoms with Crippen molar-refractivity contribution in [1.29, 1.82) is 0 Å². The highest BCUT2D eigenvalue weighted by molar-refractivity contribution is 5.36. The van der Waals surface area contributed by atoms with Crippen LogP contribution in [-0.4, -0.2) is 11.7 Å². The molecular weight excluding hydrogens is 258 g/mol. The first-order valence-corrected chi connectivity index (χ1v) is 8.14. The van der Waals surface area contributed by atoms with Crippen molar-refractivity contribution >= 4 is 0 Å². The van der Waals surface area contributed by atoms with Crippen molar-refractivity contribution in [2.75, 3.05) is 6.54 Å². The lowest BCUT2D eigenvalue weighted by Gasteiger charge is -2.51. The van der Waals surface area contributed by atoms with Gasteiger partial charge in [0.15, 0.2) is 0 Å². The van der Waals surface area contributed by atoms with Crippen LogP contribution in [-0.2, 0) is 5.60 Å². The van der Waals surface area contributed by atoms with E-state index in [0.29, 0.717) is 12.0 Å². The highest BCUT2D eigenvalue weighted by Gasteiger charge is 2.50. The Kier molecular flexibility index (Phi) is 4.25. The molecule has 0 radical (unpaired) electrons. The molecule has 1 fully saturated rings. The molecule has 2 heteroatoms. The van der Waals surface area contributed by atoms with Gasteiger partial charge in [0, 0.05) is 12.0 Å². The monoisotopic (exact) mass is 289 g/mol. The molecule has 1 aromatic rings. The first-order valence-electron chi connectivity index (χ1n) is 8.14. The summed E-state index contributed by atoms with van der Waals surface area (Å²) >= 11 is 0. The molecular formula is C19H31NO. The molecule has 2 rings (SSSR count). The van der Waals surface area contributed by atoms with Gasteiger partial charge in [0.25, 0.3) is 0 Å². The third-order valence-electron chi connectivity index (χ3n) is 5.90.